The van der Waals surface area contributed by atoms with Gasteiger partial charge in [0.2, 0.25) is 0 Å². The monoisotopic (exact) mass is 394 g/mol. The Hall–Kier alpha value is -0.723. The highest BCUT2D eigenvalue weighted by molar-refractivity contribution is 6.73. The van der Waals surface area contributed by atoms with E-state index in [9.17, 15) is 5.11 Å². The van der Waals surface area contributed by atoms with Crippen molar-refractivity contribution < 1.29 is 19.0 Å². The maximum absolute atomic E-state index is 9.40. The highest BCUT2D eigenvalue weighted by Gasteiger charge is 2.48. The van der Waals surface area contributed by atoms with Gasteiger partial charge in [0.25, 0.3) is 0 Å². The first-order chi connectivity index (χ1) is 13.0. The average molecular weight is 395 g/mol. The van der Waals surface area contributed by atoms with Crippen molar-refractivity contribution >= 4 is 8.32 Å². The van der Waals surface area contributed by atoms with Crippen molar-refractivity contribution in [2.24, 2.45) is 11.8 Å². The Kier molecular flexibility index (Phi) is 8.96. The van der Waals surface area contributed by atoms with Crippen LogP contribution in [0.5, 0.6) is 0 Å². The fourth-order valence-corrected chi connectivity index (χ4v) is 7.04. The Morgan fingerprint density at radius 1 is 1.07 bits per heavy atom. The lowest BCUT2D eigenvalue weighted by Crippen LogP contribution is -2.46. The van der Waals surface area contributed by atoms with Crippen molar-refractivity contribution in [2.75, 3.05) is 13.2 Å². The summed E-state index contributed by atoms with van der Waals surface area (Å²) in [5.74, 6) is 0.540. The second-order valence-electron chi connectivity index (χ2n) is 7.98. The van der Waals surface area contributed by atoms with Crippen LogP contribution in [0.4, 0.5) is 0 Å². The number of aliphatic hydroxyl groups is 1. The lowest BCUT2D eigenvalue weighted by Gasteiger charge is -2.38. The van der Waals surface area contributed by atoms with E-state index < -0.39 is 8.32 Å². The lowest BCUT2D eigenvalue weighted by molar-refractivity contribution is 0.00589. The fourth-order valence-electron chi connectivity index (χ4n) is 4.01. The quantitative estimate of drug-likeness (QED) is 0.392. The van der Waals surface area contributed by atoms with Gasteiger partial charge in [-0.15, -0.1) is 0 Å². The molecule has 0 radical (unpaired) electrons. The minimum Gasteiger partial charge on any atom is -0.413 e. The molecule has 27 heavy (non-hydrogen) atoms. The molecule has 1 aromatic rings. The van der Waals surface area contributed by atoms with Crippen LogP contribution in [0, 0.1) is 11.8 Å². The fraction of sp³-hybridized carbons (Fsp3) is 0.727. The highest BCUT2D eigenvalue weighted by Crippen LogP contribution is 2.37. The molecule has 4 nitrogen and oxygen atoms in total. The number of benzene rings is 1. The van der Waals surface area contributed by atoms with E-state index in [1.54, 1.807) is 0 Å². The predicted molar refractivity (Wildman–Crippen MR) is 112 cm³/mol. The van der Waals surface area contributed by atoms with Crippen LogP contribution in [-0.2, 0) is 20.5 Å². The molecule has 1 aromatic carbocycles. The van der Waals surface area contributed by atoms with Crippen LogP contribution in [0.2, 0.25) is 18.1 Å². The van der Waals surface area contributed by atoms with E-state index in [2.05, 4.69) is 46.8 Å². The number of ether oxygens (including phenoxy) is 2. The van der Waals surface area contributed by atoms with Gasteiger partial charge in [-0.1, -0.05) is 65.0 Å². The van der Waals surface area contributed by atoms with Crippen LogP contribution < -0.4 is 0 Å². The zero-order valence-electron chi connectivity index (χ0n) is 17.7. The van der Waals surface area contributed by atoms with Gasteiger partial charge >= 0.3 is 0 Å². The zero-order valence-corrected chi connectivity index (χ0v) is 18.7. The van der Waals surface area contributed by atoms with Gasteiger partial charge in [0.05, 0.1) is 32.0 Å². The van der Waals surface area contributed by atoms with Gasteiger partial charge in [-0.2, -0.15) is 0 Å². The zero-order chi connectivity index (χ0) is 19.9. The summed E-state index contributed by atoms with van der Waals surface area (Å²) in [6, 6.07) is 13.7. The van der Waals surface area contributed by atoms with Gasteiger partial charge in [-0.3, -0.25) is 0 Å². The summed E-state index contributed by atoms with van der Waals surface area (Å²) in [5.41, 5.74) is 1.19. The van der Waals surface area contributed by atoms with Gasteiger partial charge in [0, 0.05) is 11.8 Å². The van der Waals surface area contributed by atoms with Crippen molar-refractivity contribution in [3.63, 3.8) is 0 Å². The maximum Gasteiger partial charge on any atom is 0.192 e. The molecule has 1 N–H and O–H groups in total. The van der Waals surface area contributed by atoms with E-state index in [0.29, 0.717) is 13.2 Å². The number of epoxide rings is 1. The van der Waals surface area contributed by atoms with Crippen molar-refractivity contribution in [3.8, 4) is 0 Å². The lowest BCUT2D eigenvalue weighted by atomic mass is 9.90. The molecule has 0 spiro atoms. The Labute approximate surface area is 166 Å². The number of rotatable bonds is 13. The molecule has 0 amide bonds. The average Bonchev–Trinajstić information content (AvgIpc) is 3.50. The van der Waals surface area contributed by atoms with Crippen LogP contribution in [-0.4, -0.2) is 44.9 Å². The number of hydrogen-bond acceptors (Lipinski definition) is 4. The minimum atomic E-state index is -1.73. The SMILES string of the molecule is CC[Si](CC)(CC)O[C@H]([C@H](C)[C@H]1O[C@@H]1CO)[C@@H](C)COCc1ccccc1. The number of aliphatic hydroxyl groups excluding tert-OH is 1. The summed E-state index contributed by atoms with van der Waals surface area (Å²) in [7, 11) is -1.73. The van der Waals surface area contributed by atoms with Crippen molar-refractivity contribution in [3.05, 3.63) is 35.9 Å². The smallest absolute Gasteiger partial charge is 0.192 e. The summed E-state index contributed by atoms with van der Waals surface area (Å²) < 4.78 is 18.6. The molecule has 0 bridgehead atoms. The Morgan fingerprint density at radius 2 is 1.70 bits per heavy atom. The summed E-state index contributed by atoms with van der Waals surface area (Å²) in [6.45, 7) is 12.6. The van der Waals surface area contributed by atoms with E-state index in [4.69, 9.17) is 13.9 Å². The third kappa shape index (κ3) is 6.13. The normalized spacial score (nSPS) is 23.0. The second kappa shape index (κ2) is 10.7. The number of hydrogen-bond donors (Lipinski definition) is 1. The molecule has 0 unspecified atom stereocenters. The van der Waals surface area contributed by atoms with Crippen LogP contribution >= 0.6 is 0 Å². The third-order valence-corrected chi connectivity index (χ3v) is 10.8. The summed E-state index contributed by atoms with van der Waals surface area (Å²) in [5, 5.41) is 9.40. The molecule has 1 aliphatic heterocycles. The molecule has 0 saturated carbocycles. The molecule has 0 aliphatic carbocycles. The summed E-state index contributed by atoms with van der Waals surface area (Å²) in [4.78, 5) is 0. The Balaban J connectivity index is 2.01. The molecular formula is C22H38O4Si. The molecule has 1 aliphatic rings. The van der Waals surface area contributed by atoms with E-state index in [-0.39, 0.29) is 36.8 Å². The Morgan fingerprint density at radius 3 is 2.22 bits per heavy atom. The first-order valence-electron chi connectivity index (χ1n) is 10.6. The highest BCUT2D eigenvalue weighted by atomic mass is 28.4. The minimum absolute atomic E-state index is 0.0236. The maximum atomic E-state index is 9.40. The third-order valence-electron chi connectivity index (χ3n) is 6.21. The molecule has 1 fully saturated rings. The van der Waals surface area contributed by atoms with E-state index in [1.165, 1.54) is 5.56 Å². The van der Waals surface area contributed by atoms with Gasteiger partial charge in [-0.05, 0) is 23.7 Å². The van der Waals surface area contributed by atoms with E-state index in [0.717, 1.165) is 18.1 Å². The van der Waals surface area contributed by atoms with Crippen molar-refractivity contribution in [2.45, 2.75) is 77.7 Å². The van der Waals surface area contributed by atoms with E-state index >= 15 is 0 Å². The summed E-state index contributed by atoms with van der Waals surface area (Å²) in [6.07, 6.45) is 0.187. The first kappa shape index (κ1) is 22.6. The van der Waals surface area contributed by atoms with E-state index in [1.807, 2.05) is 18.2 Å². The van der Waals surface area contributed by atoms with Gasteiger partial charge < -0.3 is 19.0 Å². The van der Waals surface area contributed by atoms with Gasteiger partial charge in [0.15, 0.2) is 8.32 Å². The molecule has 1 heterocycles. The van der Waals surface area contributed by atoms with Crippen LogP contribution in [0.3, 0.4) is 0 Å². The second-order valence-corrected chi connectivity index (χ2v) is 12.7. The first-order valence-corrected chi connectivity index (χ1v) is 13.1. The van der Waals surface area contributed by atoms with Crippen LogP contribution in [0.1, 0.15) is 40.2 Å². The molecule has 2 rings (SSSR count). The van der Waals surface area contributed by atoms with Crippen molar-refractivity contribution in [1.82, 2.24) is 0 Å². The van der Waals surface area contributed by atoms with Gasteiger partial charge in [0.1, 0.15) is 6.10 Å². The standard InChI is InChI=1S/C22H38O4Si/c1-6-27(7-2,8-3)26-21(18(5)22-20(14-23)25-22)17(4)15-24-16-19-12-10-9-11-13-19/h9-13,17-18,20-23H,6-8,14-16H2,1-5H3/t17-,18-,20+,21-,22+/m0/s1. The predicted octanol–water partition coefficient (Wildman–Crippen LogP) is 4.63. The van der Waals surface area contributed by atoms with Crippen LogP contribution in [0.25, 0.3) is 0 Å². The molecule has 5 atom stereocenters. The van der Waals surface area contributed by atoms with Crippen LogP contribution in [0.15, 0.2) is 30.3 Å². The molecule has 0 aromatic heterocycles. The van der Waals surface area contributed by atoms with Crippen molar-refractivity contribution in [1.29, 1.82) is 0 Å². The topological polar surface area (TPSA) is 51.2 Å². The molecule has 154 valence electrons. The summed E-state index contributed by atoms with van der Waals surface area (Å²) >= 11 is 0. The largest absolute Gasteiger partial charge is 0.413 e. The Bertz CT molecular complexity index is 526. The molecule has 5 heteroatoms. The molecular weight excluding hydrogens is 356 g/mol. The molecule has 1 saturated heterocycles. The van der Waals surface area contributed by atoms with Gasteiger partial charge in [-0.25, -0.2) is 0 Å².